The molecule has 0 saturated heterocycles. The molecule has 3 aromatic rings. The van der Waals surface area contributed by atoms with E-state index in [9.17, 15) is 36.4 Å². The maximum absolute atomic E-state index is 13.0. The van der Waals surface area contributed by atoms with Crippen LogP contribution in [0.5, 0.6) is 17.2 Å². The number of rotatable bonds is 12. The number of hydrogen-bond donors (Lipinski definition) is 1. The molecule has 0 saturated carbocycles. The van der Waals surface area contributed by atoms with E-state index in [2.05, 4.69) is 9.47 Å². The van der Waals surface area contributed by atoms with Crippen molar-refractivity contribution in [2.75, 3.05) is 12.9 Å². The first-order valence-corrected chi connectivity index (χ1v) is 13.0. The van der Waals surface area contributed by atoms with E-state index in [4.69, 9.17) is 4.74 Å². The number of hydrogen-bond acceptors (Lipinski definition) is 8. The highest BCUT2D eigenvalue weighted by molar-refractivity contribution is 7.91. The Hall–Kier alpha value is -4.10. The van der Waals surface area contributed by atoms with Gasteiger partial charge in [-0.05, 0) is 79.1 Å². The van der Waals surface area contributed by atoms with Crippen molar-refractivity contribution in [1.29, 1.82) is 0 Å². The van der Waals surface area contributed by atoms with Crippen LogP contribution in [0.1, 0.15) is 22.3 Å². The van der Waals surface area contributed by atoms with E-state index < -0.39 is 39.7 Å². The smallest absolute Gasteiger partial charge is 0.465 e. The van der Waals surface area contributed by atoms with E-state index in [1.165, 1.54) is 43.5 Å². The van der Waals surface area contributed by atoms with Crippen molar-refractivity contribution in [2.24, 2.45) is 0 Å². The fourth-order valence-corrected chi connectivity index (χ4v) is 5.12. The number of aryl methyl sites for hydroxylation is 1. The fourth-order valence-electron chi connectivity index (χ4n) is 3.55. The number of carbonyl (C=O) groups is 2. The zero-order valence-corrected chi connectivity index (χ0v) is 21.3. The minimum atomic E-state index is -4.82. The van der Waals surface area contributed by atoms with Gasteiger partial charge in [0.1, 0.15) is 17.2 Å². The molecule has 0 aliphatic heterocycles. The Kier molecular flexibility index (Phi) is 9.54. The molecule has 208 valence electrons. The monoisotopic (exact) mass is 567 g/mol. The molecular weight excluding hydrogens is 543 g/mol. The highest BCUT2D eigenvalue weighted by Gasteiger charge is 2.31. The van der Waals surface area contributed by atoms with Crippen molar-refractivity contribution in [2.45, 2.75) is 30.1 Å². The third-order valence-electron chi connectivity index (χ3n) is 5.51. The number of amides is 1. The number of alkyl halides is 3. The fraction of sp³-hybridized carbons (Fsp3) is 0.231. The molecule has 1 amide bonds. The molecule has 13 heteroatoms. The summed E-state index contributed by atoms with van der Waals surface area (Å²) in [4.78, 5) is 22.7. The lowest BCUT2D eigenvalue weighted by atomic mass is 10.0. The second-order valence-electron chi connectivity index (χ2n) is 8.24. The van der Waals surface area contributed by atoms with E-state index in [0.717, 1.165) is 17.7 Å². The zero-order valence-electron chi connectivity index (χ0n) is 20.5. The molecule has 0 aromatic heterocycles. The number of sulfone groups is 1. The molecule has 0 fully saturated rings. The minimum Gasteiger partial charge on any atom is -0.465 e. The van der Waals surface area contributed by atoms with Crippen LogP contribution >= 0.6 is 0 Å². The quantitative estimate of drug-likeness (QED) is 0.144. The maximum atomic E-state index is 13.0. The van der Waals surface area contributed by atoms with Crippen molar-refractivity contribution < 1.29 is 50.6 Å². The molecule has 0 radical (unpaired) electrons. The van der Waals surface area contributed by atoms with Crippen molar-refractivity contribution in [3.63, 3.8) is 0 Å². The molecule has 0 aliphatic carbocycles. The maximum Gasteiger partial charge on any atom is 0.573 e. The second-order valence-corrected chi connectivity index (χ2v) is 10.3. The molecule has 0 heterocycles. The minimum absolute atomic E-state index is 0.0875. The standard InChI is InChI=1S/C26H24F3NO8S/c1-36-25(32)19-5-2-18(3-6-19)4-7-20(30(33)17-31)16-39(34,35)24-14-12-22(13-15-24)37-21-8-10-23(11-9-21)38-26(27,28)29/h2-3,5-6,8-15,17,20,33H,4,7,16H2,1H3. The number of methoxy groups -OCH3 is 1. The Morgan fingerprint density at radius 1 is 0.949 bits per heavy atom. The van der Waals surface area contributed by atoms with Gasteiger partial charge in [0.15, 0.2) is 9.84 Å². The molecular formula is C26H24F3NO8S. The third kappa shape index (κ3) is 8.72. The van der Waals surface area contributed by atoms with Crippen LogP contribution in [0, 0.1) is 0 Å². The summed E-state index contributed by atoms with van der Waals surface area (Å²) in [5, 5.41) is 10.3. The molecule has 1 atom stereocenters. The highest BCUT2D eigenvalue weighted by atomic mass is 32.2. The van der Waals surface area contributed by atoms with Gasteiger partial charge < -0.3 is 14.2 Å². The van der Waals surface area contributed by atoms with Gasteiger partial charge in [-0.25, -0.2) is 18.3 Å². The van der Waals surface area contributed by atoms with Crippen LogP contribution in [0.2, 0.25) is 0 Å². The normalized spacial score (nSPS) is 12.3. The number of ether oxygens (including phenoxy) is 3. The van der Waals surface area contributed by atoms with Crippen LogP contribution in [-0.4, -0.2) is 56.3 Å². The lowest BCUT2D eigenvalue weighted by molar-refractivity contribution is -0.274. The Morgan fingerprint density at radius 3 is 2.00 bits per heavy atom. The summed E-state index contributed by atoms with van der Waals surface area (Å²) in [6.07, 6.45) is -4.27. The van der Waals surface area contributed by atoms with Gasteiger partial charge in [0.2, 0.25) is 6.41 Å². The van der Waals surface area contributed by atoms with E-state index in [1.807, 2.05) is 0 Å². The van der Waals surface area contributed by atoms with Gasteiger partial charge in [-0.2, -0.15) is 0 Å². The summed E-state index contributed by atoms with van der Waals surface area (Å²) < 4.78 is 76.8. The van der Waals surface area contributed by atoms with Gasteiger partial charge in [0.05, 0.1) is 29.4 Å². The summed E-state index contributed by atoms with van der Waals surface area (Å²) in [5.41, 5.74) is 1.10. The predicted molar refractivity (Wildman–Crippen MR) is 131 cm³/mol. The molecule has 9 nitrogen and oxygen atoms in total. The van der Waals surface area contributed by atoms with Crippen molar-refractivity contribution in [3.05, 3.63) is 83.9 Å². The van der Waals surface area contributed by atoms with Crippen molar-refractivity contribution in [3.8, 4) is 17.2 Å². The number of benzene rings is 3. The summed E-state index contributed by atoms with van der Waals surface area (Å²) in [6.45, 7) is 0. The lowest BCUT2D eigenvalue weighted by Crippen LogP contribution is -2.37. The average Bonchev–Trinajstić information content (AvgIpc) is 2.91. The Balaban J connectivity index is 1.64. The molecule has 0 aliphatic rings. The summed E-state index contributed by atoms with van der Waals surface area (Å²) in [6, 6.07) is 15.3. The first-order chi connectivity index (χ1) is 18.4. The van der Waals surface area contributed by atoms with Gasteiger partial charge in [-0.15, -0.1) is 13.2 Å². The number of hydroxylamine groups is 2. The SMILES string of the molecule is COC(=O)c1ccc(CCC(CS(=O)(=O)c2ccc(Oc3ccc(OC(F)(F)F)cc3)cc2)N(O)C=O)cc1. The number of carbonyl (C=O) groups excluding carboxylic acids is 2. The van der Waals surface area contributed by atoms with Crippen LogP contribution < -0.4 is 9.47 Å². The molecule has 0 spiro atoms. The van der Waals surface area contributed by atoms with E-state index in [0.29, 0.717) is 17.0 Å². The Morgan fingerprint density at radius 2 is 1.49 bits per heavy atom. The van der Waals surface area contributed by atoms with Crippen molar-refractivity contribution in [1.82, 2.24) is 5.06 Å². The second kappa shape index (κ2) is 12.6. The lowest BCUT2D eigenvalue weighted by Gasteiger charge is -2.22. The number of esters is 1. The van der Waals surface area contributed by atoms with E-state index in [-0.39, 0.29) is 29.2 Å². The number of nitrogens with zero attached hydrogens (tertiary/aromatic N) is 1. The van der Waals surface area contributed by atoms with Gasteiger partial charge in [0, 0.05) is 0 Å². The highest BCUT2D eigenvalue weighted by Crippen LogP contribution is 2.28. The molecule has 1 unspecified atom stereocenters. The molecule has 3 aromatic carbocycles. The predicted octanol–water partition coefficient (Wildman–Crippen LogP) is 4.79. The van der Waals surface area contributed by atoms with Crippen molar-refractivity contribution >= 4 is 22.2 Å². The van der Waals surface area contributed by atoms with Crippen LogP contribution in [0.3, 0.4) is 0 Å². The Labute approximate surface area is 222 Å². The van der Waals surface area contributed by atoms with Crippen LogP contribution in [0.15, 0.2) is 77.7 Å². The average molecular weight is 568 g/mol. The van der Waals surface area contributed by atoms with Crippen LogP contribution in [0.25, 0.3) is 0 Å². The summed E-state index contributed by atoms with van der Waals surface area (Å²) >= 11 is 0. The van der Waals surface area contributed by atoms with E-state index in [1.54, 1.807) is 24.3 Å². The Bertz CT molecular complexity index is 1360. The molecule has 1 N–H and O–H groups in total. The largest absolute Gasteiger partial charge is 0.573 e. The molecule has 0 bridgehead atoms. The number of halogens is 3. The summed E-state index contributed by atoms with van der Waals surface area (Å²) in [7, 11) is -2.69. The zero-order chi connectivity index (χ0) is 28.6. The van der Waals surface area contributed by atoms with Gasteiger partial charge in [0.25, 0.3) is 0 Å². The first kappa shape index (κ1) is 29.5. The van der Waals surface area contributed by atoms with Gasteiger partial charge >= 0.3 is 12.3 Å². The van der Waals surface area contributed by atoms with Gasteiger partial charge in [-0.1, -0.05) is 12.1 Å². The first-order valence-electron chi connectivity index (χ1n) is 11.4. The molecule has 39 heavy (non-hydrogen) atoms. The molecule has 3 rings (SSSR count). The van der Waals surface area contributed by atoms with Crippen LogP contribution in [0.4, 0.5) is 13.2 Å². The topological polar surface area (TPSA) is 119 Å². The van der Waals surface area contributed by atoms with Gasteiger partial charge in [-0.3, -0.25) is 10.0 Å². The summed E-state index contributed by atoms with van der Waals surface area (Å²) in [5.74, 6) is -1.07. The van der Waals surface area contributed by atoms with E-state index >= 15 is 0 Å². The third-order valence-corrected chi connectivity index (χ3v) is 7.33. The van der Waals surface area contributed by atoms with Crippen LogP contribution in [-0.2, 0) is 25.8 Å².